The van der Waals surface area contributed by atoms with Gasteiger partial charge < -0.3 is 20.7 Å². The summed E-state index contributed by atoms with van der Waals surface area (Å²) >= 11 is 0. The zero-order valence-electron chi connectivity index (χ0n) is 15.3. The highest BCUT2D eigenvalue weighted by Gasteiger charge is 2.28. The largest absolute Gasteiger partial charge is 0.444 e. The maximum Gasteiger partial charge on any atom is 0.410 e. The van der Waals surface area contributed by atoms with E-state index in [1.165, 1.54) is 0 Å². The minimum atomic E-state index is -0.485. The van der Waals surface area contributed by atoms with Crippen LogP contribution in [0.15, 0.2) is 12.1 Å². The van der Waals surface area contributed by atoms with Gasteiger partial charge in [-0.15, -0.1) is 0 Å². The zero-order valence-corrected chi connectivity index (χ0v) is 15.3. The quantitative estimate of drug-likeness (QED) is 0.806. The average Bonchev–Trinajstić information content (AvgIpc) is 3.35. The SMILES string of the molecule is CC(C)(C)OC(=O)N1CCC(Nc2cc(C3CC3)cc(F)c2N)CC1. The van der Waals surface area contributed by atoms with Crippen LogP contribution >= 0.6 is 0 Å². The molecule has 3 N–H and O–H groups in total. The minimum absolute atomic E-state index is 0.176. The van der Waals surface area contributed by atoms with Gasteiger partial charge in [0.1, 0.15) is 11.4 Å². The van der Waals surface area contributed by atoms with Crippen LogP contribution in [0, 0.1) is 5.82 Å². The number of nitrogens with one attached hydrogen (secondary N) is 1. The van der Waals surface area contributed by atoms with E-state index in [1.54, 1.807) is 11.0 Å². The number of hydrogen-bond acceptors (Lipinski definition) is 4. The Balaban J connectivity index is 1.58. The number of ether oxygens (including phenoxy) is 1. The summed E-state index contributed by atoms with van der Waals surface area (Å²) in [5, 5.41) is 3.38. The van der Waals surface area contributed by atoms with E-state index in [9.17, 15) is 9.18 Å². The van der Waals surface area contributed by atoms with E-state index in [0.29, 0.717) is 24.7 Å². The van der Waals surface area contributed by atoms with Gasteiger partial charge in [0.15, 0.2) is 0 Å². The zero-order chi connectivity index (χ0) is 18.2. The Morgan fingerprint density at radius 3 is 2.44 bits per heavy atom. The van der Waals surface area contributed by atoms with E-state index in [2.05, 4.69) is 5.32 Å². The summed E-state index contributed by atoms with van der Waals surface area (Å²) in [6.07, 6.45) is 3.54. The van der Waals surface area contributed by atoms with Crippen molar-refractivity contribution >= 4 is 17.5 Å². The molecule has 1 heterocycles. The first kappa shape index (κ1) is 17.8. The molecule has 2 fully saturated rings. The number of likely N-dealkylation sites (tertiary alicyclic amines) is 1. The lowest BCUT2D eigenvalue weighted by atomic mass is 10.0. The van der Waals surface area contributed by atoms with Crippen molar-refractivity contribution in [1.29, 1.82) is 0 Å². The highest BCUT2D eigenvalue weighted by Crippen LogP contribution is 2.42. The summed E-state index contributed by atoms with van der Waals surface area (Å²) in [5.74, 6) is 0.128. The standard InChI is InChI=1S/C19H28FN3O2/c1-19(2,3)25-18(24)23-8-6-14(7-9-23)22-16-11-13(12-4-5-12)10-15(20)17(16)21/h10-12,14,22H,4-9,21H2,1-3H3. The Morgan fingerprint density at radius 1 is 1.24 bits per heavy atom. The van der Waals surface area contributed by atoms with Gasteiger partial charge in [0.25, 0.3) is 0 Å². The fourth-order valence-electron chi connectivity index (χ4n) is 3.16. The molecule has 0 atom stereocenters. The lowest BCUT2D eigenvalue weighted by Gasteiger charge is -2.34. The van der Waals surface area contributed by atoms with Crippen LogP contribution in [0.5, 0.6) is 0 Å². The number of nitrogen functional groups attached to an aromatic ring is 1. The first-order valence-corrected chi connectivity index (χ1v) is 9.06. The molecule has 2 aliphatic rings. The molecule has 138 valence electrons. The summed E-state index contributed by atoms with van der Waals surface area (Å²) < 4.78 is 19.5. The number of anilines is 2. The van der Waals surface area contributed by atoms with Crippen LogP contribution in [-0.2, 0) is 4.74 Å². The monoisotopic (exact) mass is 349 g/mol. The van der Waals surface area contributed by atoms with Gasteiger partial charge in [-0.25, -0.2) is 9.18 Å². The number of rotatable bonds is 3. The molecule has 1 aliphatic heterocycles. The predicted molar refractivity (Wildman–Crippen MR) is 97.2 cm³/mol. The average molecular weight is 349 g/mol. The molecule has 0 bridgehead atoms. The number of nitrogens with two attached hydrogens (primary N) is 1. The van der Waals surface area contributed by atoms with E-state index in [4.69, 9.17) is 10.5 Å². The summed E-state index contributed by atoms with van der Waals surface area (Å²) in [4.78, 5) is 13.8. The fraction of sp³-hybridized carbons (Fsp3) is 0.632. The molecule has 0 radical (unpaired) electrons. The van der Waals surface area contributed by atoms with Crippen LogP contribution < -0.4 is 11.1 Å². The molecule has 0 unspecified atom stereocenters. The maximum absolute atomic E-state index is 14.1. The van der Waals surface area contributed by atoms with Crippen LogP contribution in [0.1, 0.15) is 57.9 Å². The van der Waals surface area contributed by atoms with Crippen LogP contribution in [0.2, 0.25) is 0 Å². The van der Waals surface area contributed by atoms with Gasteiger partial charge in [0, 0.05) is 19.1 Å². The van der Waals surface area contributed by atoms with Gasteiger partial charge >= 0.3 is 6.09 Å². The number of amides is 1. The third-order valence-electron chi connectivity index (χ3n) is 4.71. The molecular formula is C19H28FN3O2. The van der Waals surface area contributed by atoms with E-state index in [0.717, 1.165) is 31.2 Å². The molecule has 1 saturated heterocycles. The summed E-state index contributed by atoms with van der Waals surface area (Å²) in [5.41, 5.74) is 7.31. The topological polar surface area (TPSA) is 67.6 Å². The van der Waals surface area contributed by atoms with Crippen molar-refractivity contribution in [3.63, 3.8) is 0 Å². The third kappa shape index (κ3) is 4.55. The fourth-order valence-corrected chi connectivity index (χ4v) is 3.16. The third-order valence-corrected chi connectivity index (χ3v) is 4.71. The van der Waals surface area contributed by atoms with Gasteiger partial charge in [0.05, 0.1) is 11.4 Å². The van der Waals surface area contributed by atoms with Crippen molar-refractivity contribution in [1.82, 2.24) is 4.90 Å². The number of carbonyl (C=O) groups is 1. The molecule has 1 aliphatic carbocycles. The second-order valence-electron chi connectivity index (χ2n) is 8.12. The number of piperidine rings is 1. The van der Waals surface area contributed by atoms with Gasteiger partial charge in [-0.05, 0) is 70.1 Å². The first-order chi connectivity index (χ1) is 11.7. The van der Waals surface area contributed by atoms with Crippen molar-refractivity contribution < 1.29 is 13.9 Å². The van der Waals surface area contributed by atoms with Crippen LogP contribution in [0.3, 0.4) is 0 Å². The van der Waals surface area contributed by atoms with Gasteiger partial charge in [-0.1, -0.05) is 0 Å². The van der Waals surface area contributed by atoms with E-state index in [-0.39, 0.29) is 23.6 Å². The van der Waals surface area contributed by atoms with Crippen LogP contribution in [-0.4, -0.2) is 35.7 Å². The van der Waals surface area contributed by atoms with Crippen LogP contribution in [0.4, 0.5) is 20.6 Å². The first-order valence-electron chi connectivity index (χ1n) is 9.06. The number of carbonyl (C=O) groups excluding carboxylic acids is 1. The Morgan fingerprint density at radius 2 is 1.88 bits per heavy atom. The number of benzene rings is 1. The highest BCUT2D eigenvalue weighted by molar-refractivity contribution is 5.70. The lowest BCUT2D eigenvalue weighted by molar-refractivity contribution is 0.0210. The second kappa shape index (κ2) is 6.73. The van der Waals surface area contributed by atoms with Crippen molar-refractivity contribution in [2.24, 2.45) is 0 Å². The molecule has 25 heavy (non-hydrogen) atoms. The van der Waals surface area contributed by atoms with Gasteiger partial charge in [-0.3, -0.25) is 0 Å². The minimum Gasteiger partial charge on any atom is -0.444 e. The molecule has 3 rings (SSSR count). The van der Waals surface area contributed by atoms with E-state index in [1.807, 2.05) is 26.8 Å². The number of hydrogen-bond donors (Lipinski definition) is 2. The molecule has 6 heteroatoms. The molecule has 1 amide bonds. The summed E-state index contributed by atoms with van der Waals surface area (Å²) in [6, 6.07) is 3.72. The smallest absolute Gasteiger partial charge is 0.410 e. The van der Waals surface area contributed by atoms with E-state index >= 15 is 0 Å². The van der Waals surface area contributed by atoms with Crippen molar-refractivity contribution in [2.45, 2.75) is 64.0 Å². The van der Waals surface area contributed by atoms with Crippen molar-refractivity contribution in [2.75, 3.05) is 24.1 Å². The number of halogens is 1. The normalized spacial score (nSPS) is 19.0. The molecule has 0 spiro atoms. The summed E-state index contributed by atoms with van der Waals surface area (Å²) in [7, 11) is 0. The van der Waals surface area contributed by atoms with Crippen molar-refractivity contribution in [3.05, 3.63) is 23.5 Å². The highest BCUT2D eigenvalue weighted by atomic mass is 19.1. The van der Waals surface area contributed by atoms with Crippen molar-refractivity contribution in [3.8, 4) is 0 Å². The molecule has 1 aromatic rings. The van der Waals surface area contributed by atoms with E-state index < -0.39 is 5.60 Å². The Hall–Kier alpha value is -1.98. The van der Waals surface area contributed by atoms with Gasteiger partial charge in [0.2, 0.25) is 0 Å². The Kier molecular flexibility index (Phi) is 4.80. The molecular weight excluding hydrogens is 321 g/mol. The van der Waals surface area contributed by atoms with Gasteiger partial charge in [-0.2, -0.15) is 0 Å². The summed E-state index contributed by atoms with van der Waals surface area (Å²) in [6.45, 7) is 6.84. The second-order valence-corrected chi connectivity index (χ2v) is 8.12. The Bertz CT molecular complexity index is 645. The molecule has 0 aromatic heterocycles. The maximum atomic E-state index is 14.1. The molecule has 5 nitrogen and oxygen atoms in total. The molecule has 1 saturated carbocycles. The number of nitrogens with zero attached hydrogens (tertiary/aromatic N) is 1. The molecule has 1 aromatic carbocycles. The lowest BCUT2D eigenvalue weighted by Crippen LogP contribution is -2.44. The Labute approximate surface area is 148 Å². The van der Waals surface area contributed by atoms with Crippen LogP contribution in [0.25, 0.3) is 0 Å². The predicted octanol–water partition coefficient (Wildman–Crippen LogP) is 4.10.